The van der Waals surface area contributed by atoms with Crippen LogP contribution in [-0.4, -0.2) is 35.7 Å². The Labute approximate surface area is 117 Å². The fourth-order valence-corrected chi connectivity index (χ4v) is 2.16. The third-order valence-corrected chi connectivity index (χ3v) is 3.10. The summed E-state index contributed by atoms with van der Waals surface area (Å²) in [5, 5.41) is 10.5. The summed E-state index contributed by atoms with van der Waals surface area (Å²) in [6, 6.07) is 2.78. The molecule has 0 spiro atoms. The monoisotopic (exact) mass is 271 g/mol. The van der Waals surface area contributed by atoms with Crippen LogP contribution in [0.2, 0.25) is 0 Å². The van der Waals surface area contributed by atoms with Crippen molar-refractivity contribution >= 4 is 6.03 Å². The second kappa shape index (κ2) is 6.25. The Bertz CT molecular complexity index is 654. The van der Waals surface area contributed by atoms with E-state index in [9.17, 15) is 9.90 Å². The van der Waals surface area contributed by atoms with Crippen LogP contribution in [0.15, 0.2) is 47.4 Å². The average molecular weight is 271 g/mol. The summed E-state index contributed by atoms with van der Waals surface area (Å²) in [6.07, 6.45) is 4.40. The van der Waals surface area contributed by atoms with Gasteiger partial charge in [-0.15, -0.1) is 13.2 Å². The predicted octanol–water partition coefficient (Wildman–Crippen LogP) is 0.982. The van der Waals surface area contributed by atoms with Gasteiger partial charge in [0, 0.05) is 19.6 Å². The van der Waals surface area contributed by atoms with Crippen LogP contribution in [0, 0.1) is 0 Å². The molecule has 0 aromatic heterocycles. The number of hydrogen-bond acceptors (Lipinski definition) is 3. The van der Waals surface area contributed by atoms with E-state index in [4.69, 9.17) is 0 Å². The van der Waals surface area contributed by atoms with E-state index in [1.807, 2.05) is 12.2 Å². The summed E-state index contributed by atoms with van der Waals surface area (Å²) in [5.74, 6) is -0.00705. The number of rotatable bonds is 7. The lowest BCUT2D eigenvalue weighted by Gasteiger charge is -2.18. The molecule has 5 heteroatoms. The maximum atomic E-state index is 11.3. The van der Waals surface area contributed by atoms with Crippen LogP contribution < -0.4 is 10.7 Å². The molecule has 0 saturated carbocycles. The summed E-state index contributed by atoms with van der Waals surface area (Å²) < 4.78 is 0. The molecule has 1 N–H and O–H groups in total. The molecule has 1 aliphatic heterocycles. The number of benzene rings is 1. The van der Waals surface area contributed by atoms with Crippen molar-refractivity contribution in [2.24, 2.45) is 9.98 Å². The van der Waals surface area contributed by atoms with E-state index in [2.05, 4.69) is 28.0 Å². The molecule has 1 aromatic carbocycles. The number of carbonyl (C=O) groups excluding carboxylic acids is 1. The molecule has 2 rings (SSSR count). The third kappa shape index (κ3) is 3.00. The molecule has 0 unspecified atom stereocenters. The molecule has 1 heterocycles. The maximum absolute atomic E-state index is 11.3. The smallest absolute Gasteiger partial charge is 0.368 e. The summed E-state index contributed by atoms with van der Waals surface area (Å²) in [4.78, 5) is 21.0. The topological polar surface area (TPSA) is 65.3 Å². The highest BCUT2D eigenvalue weighted by atomic mass is 16.3. The third-order valence-electron chi connectivity index (χ3n) is 3.10. The van der Waals surface area contributed by atoms with Gasteiger partial charge in [-0.05, 0) is 18.1 Å². The van der Waals surface area contributed by atoms with E-state index in [1.54, 1.807) is 12.1 Å². The maximum Gasteiger partial charge on any atom is 0.368 e. The van der Waals surface area contributed by atoms with E-state index in [1.165, 1.54) is 0 Å². The van der Waals surface area contributed by atoms with E-state index in [0.717, 1.165) is 31.6 Å². The number of urea groups is 1. The van der Waals surface area contributed by atoms with Gasteiger partial charge in [0.25, 0.3) is 0 Å². The number of carbonyl (C=O) groups is 1. The number of aromatic hydroxyl groups is 1. The quantitative estimate of drug-likeness (QED) is 0.752. The first kappa shape index (κ1) is 14.1. The first-order valence-electron chi connectivity index (χ1n) is 6.42. The molecule has 0 saturated heterocycles. The van der Waals surface area contributed by atoms with Gasteiger partial charge in [0.2, 0.25) is 0 Å². The first-order valence-corrected chi connectivity index (χ1v) is 6.42. The lowest BCUT2D eigenvalue weighted by Crippen LogP contribution is -2.31. The van der Waals surface area contributed by atoms with Crippen molar-refractivity contribution in [2.75, 3.05) is 19.6 Å². The largest absolute Gasteiger partial charge is 0.506 e. The lowest BCUT2D eigenvalue weighted by molar-refractivity contribution is 0.256. The summed E-state index contributed by atoms with van der Waals surface area (Å²) in [6.45, 7) is 9.79. The van der Waals surface area contributed by atoms with Crippen molar-refractivity contribution in [1.82, 2.24) is 4.90 Å². The van der Waals surface area contributed by atoms with Crippen molar-refractivity contribution in [3.8, 4) is 5.75 Å². The molecule has 0 atom stereocenters. The Morgan fingerprint density at radius 2 is 1.80 bits per heavy atom. The summed E-state index contributed by atoms with van der Waals surface area (Å²) in [5.41, 5.74) is 0.908. The Morgan fingerprint density at radius 1 is 1.15 bits per heavy atom. The summed E-state index contributed by atoms with van der Waals surface area (Å²) in [7, 11) is 0. The molecule has 0 fully saturated rings. The van der Waals surface area contributed by atoms with Crippen LogP contribution in [0.5, 0.6) is 5.75 Å². The fourth-order valence-electron chi connectivity index (χ4n) is 2.16. The van der Waals surface area contributed by atoms with Gasteiger partial charge in [0.05, 0.1) is 0 Å². The molecule has 5 nitrogen and oxygen atoms in total. The minimum Gasteiger partial charge on any atom is -0.506 e. The zero-order valence-electron chi connectivity index (χ0n) is 11.2. The number of fused-ring (bicyclic) bond motifs is 1. The minimum atomic E-state index is -0.559. The van der Waals surface area contributed by atoms with Crippen LogP contribution in [0.1, 0.15) is 5.56 Å². The SMILES string of the molecule is C=CCN(CC=C)CCc1ccc(O)c2c1=NC(=O)N=2. The second-order valence-electron chi connectivity index (χ2n) is 4.53. The molecular formula is C15H17N3O2. The number of phenols is 1. The van der Waals surface area contributed by atoms with E-state index < -0.39 is 6.03 Å². The van der Waals surface area contributed by atoms with E-state index >= 15 is 0 Å². The standard InChI is InChI=1S/C15H17N3O2/c1-3-8-18(9-4-2)10-7-11-5-6-12(19)14-13(11)16-15(20)17-14/h3-6,19H,1-2,7-10H2. The average Bonchev–Trinajstić information content (AvgIpc) is 2.81. The number of amides is 2. The van der Waals surface area contributed by atoms with Crippen molar-refractivity contribution in [3.05, 3.63) is 53.7 Å². The van der Waals surface area contributed by atoms with Crippen LogP contribution in [-0.2, 0) is 6.42 Å². The highest BCUT2D eigenvalue weighted by molar-refractivity contribution is 5.78. The molecule has 0 bridgehead atoms. The first-order chi connectivity index (χ1) is 9.65. The number of phenolic OH excluding ortho intramolecular Hbond substituents is 1. The highest BCUT2D eigenvalue weighted by Crippen LogP contribution is 2.04. The van der Waals surface area contributed by atoms with E-state index in [0.29, 0.717) is 5.36 Å². The van der Waals surface area contributed by atoms with Crippen LogP contribution in [0.3, 0.4) is 0 Å². The van der Waals surface area contributed by atoms with Gasteiger partial charge < -0.3 is 5.11 Å². The number of hydrogen-bond donors (Lipinski definition) is 1. The Morgan fingerprint density at radius 3 is 2.45 bits per heavy atom. The second-order valence-corrected chi connectivity index (χ2v) is 4.53. The van der Waals surface area contributed by atoms with Crippen LogP contribution in [0.4, 0.5) is 4.79 Å². The van der Waals surface area contributed by atoms with Crippen molar-refractivity contribution in [1.29, 1.82) is 0 Å². The van der Waals surface area contributed by atoms with Gasteiger partial charge in [-0.25, -0.2) is 4.79 Å². The van der Waals surface area contributed by atoms with Gasteiger partial charge in [0.15, 0.2) is 0 Å². The normalized spacial score (nSPS) is 12.8. The van der Waals surface area contributed by atoms with Crippen molar-refractivity contribution < 1.29 is 9.90 Å². The predicted molar refractivity (Wildman–Crippen MR) is 76.4 cm³/mol. The van der Waals surface area contributed by atoms with Gasteiger partial charge in [0.1, 0.15) is 16.5 Å². The van der Waals surface area contributed by atoms with Gasteiger partial charge in [-0.2, -0.15) is 9.98 Å². The Hall–Kier alpha value is -2.27. The molecule has 2 amide bonds. The lowest BCUT2D eigenvalue weighted by atomic mass is 10.1. The minimum absolute atomic E-state index is 0.00705. The van der Waals surface area contributed by atoms with Crippen molar-refractivity contribution in [3.63, 3.8) is 0 Å². The fraction of sp³-hybridized carbons (Fsp3) is 0.267. The highest BCUT2D eigenvalue weighted by Gasteiger charge is 2.13. The van der Waals surface area contributed by atoms with Crippen LogP contribution >= 0.6 is 0 Å². The molecule has 0 aliphatic carbocycles. The Kier molecular flexibility index (Phi) is 4.42. The molecule has 0 radical (unpaired) electrons. The zero-order chi connectivity index (χ0) is 14.5. The molecule has 20 heavy (non-hydrogen) atoms. The van der Waals surface area contributed by atoms with Gasteiger partial charge in [-0.1, -0.05) is 18.2 Å². The Balaban J connectivity index is 2.20. The van der Waals surface area contributed by atoms with Crippen molar-refractivity contribution in [2.45, 2.75) is 6.42 Å². The molecule has 104 valence electrons. The van der Waals surface area contributed by atoms with Gasteiger partial charge in [-0.3, -0.25) is 4.90 Å². The molecular weight excluding hydrogens is 254 g/mol. The van der Waals surface area contributed by atoms with E-state index in [-0.39, 0.29) is 11.1 Å². The van der Waals surface area contributed by atoms with Crippen LogP contribution in [0.25, 0.3) is 0 Å². The molecule has 1 aliphatic rings. The zero-order valence-corrected chi connectivity index (χ0v) is 11.2. The molecule has 1 aromatic rings. The number of nitrogens with zero attached hydrogens (tertiary/aromatic N) is 3. The summed E-state index contributed by atoms with van der Waals surface area (Å²) >= 11 is 0. The van der Waals surface area contributed by atoms with Gasteiger partial charge >= 0.3 is 6.03 Å².